The second-order valence-corrected chi connectivity index (χ2v) is 6.89. The molecular formula is C19H15F3N4O3. The van der Waals surface area contributed by atoms with Crippen LogP contribution in [-0.2, 0) is 0 Å². The Bertz CT molecular complexity index is 1210. The number of carboxylic acid groups (broad SMARTS) is 1. The van der Waals surface area contributed by atoms with E-state index in [0.717, 1.165) is 35.4 Å². The number of carboxylic acids is 1. The molecule has 150 valence electrons. The summed E-state index contributed by atoms with van der Waals surface area (Å²) in [5, 5.41) is 11.0. The number of pyridine rings is 2. The number of quaternary nitrogens is 1. The first kappa shape index (κ1) is 18.9. The standard InChI is InChI=1S/C19H15F3N4O3/c20-9-1-2-15(13(21)5-9)26-8-12(19(28)29)16(27)11-6-14(22)18(24-17(11)26)25-4-3-10(23)7-25/h1-2,5-6,8,10H,3-4,7,23H2,(H,28,29)/t10-/m0/s1. The molecule has 3 aromatic rings. The van der Waals surface area contributed by atoms with Crippen LogP contribution >= 0.6 is 0 Å². The van der Waals surface area contributed by atoms with Crippen LogP contribution in [0.5, 0.6) is 0 Å². The van der Waals surface area contributed by atoms with Crippen molar-refractivity contribution >= 4 is 22.8 Å². The third-order valence-corrected chi connectivity index (χ3v) is 4.89. The monoisotopic (exact) mass is 404 g/mol. The lowest BCUT2D eigenvalue weighted by Crippen LogP contribution is -2.61. The highest BCUT2D eigenvalue weighted by molar-refractivity contribution is 5.91. The van der Waals surface area contributed by atoms with Crippen LogP contribution in [0.2, 0.25) is 0 Å². The number of hydrogen-bond acceptors (Lipinski definition) is 5. The number of anilines is 1. The molecule has 3 heterocycles. The second kappa shape index (κ2) is 6.89. The van der Waals surface area contributed by atoms with Gasteiger partial charge in [-0.05, 0) is 18.2 Å². The molecule has 1 saturated heterocycles. The van der Waals surface area contributed by atoms with Crippen LogP contribution in [0, 0.1) is 17.5 Å². The van der Waals surface area contributed by atoms with Crippen LogP contribution in [0.25, 0.3) is 16.7 Å². The van der Waals surface area contributed by atoms with Gasteiger partial charge in [-0.15, -0.1) is 0 Å². The summed E-state index contributed by atoms with van der Waals surface area (Å²) >= 11 is 0. The predicted octanol–water partition coefficient (Wildman–Crippen LogP) is -0.0129. The molecule has 0 amide bonds. The molecule has 4 rings (SSSR count). The Balaban J connectivity index is 2.05. The third kappa shape index (κ3) is 3.21. The van der Waals surface area contributed by atoms with Crippen molar-refractivity contribution in [1.29, 1.82) is 0 Å². The molecule has 0 bridgehead atoms. The Morgan fingerprint density at radius 1 is 1.21 bits per heavy atom. The van der Waals surface area contributed by atoms with Crippen LogP contribution in [0.15, 0.2) is 35.3 Å². The molecule has 3 N–H and O–H groups in total. The number of halogens is 3. The lowest BCUT2D eigenvalue weighted by atomic mass is 10.1. The molecule has 2 aromatic heterocycles. The van der Waals surface area contributed by atoms with Gasteiger partial charge < -0.3 is 20.5 Å². The van der Waals surface area contributed by atoms with Crippen molar-refractivity contribution in [2.45, 2.75) is 12.5 Å². The van der Waals surface area contributed by atoms with Gasteiger partial charge in [0.2, 0.25) is 0 Å². The number of aromatic carboxylic acids is 1. The molecule has 1 aliphatic heterocycles. The van der Waals surface area contributed by atoms with Crippen molar-refractivity contribution in [2.75, 3.05) is 18.0 Å². The van der Waals surface area contributed by atoms with E-state index in [1.165, 1.54) is 0 Å². The molecule has 0 radical (unpaired) electrons. The second-order valence-electron chi connectivity index (χ2n) is 6.89. The maximum atomic E-state index is 14.7. The van der Waals surface area contributed by atoms with Gasteiger partial charge in [0.05, 0.1) is 29.2 Å². The lowest BCUT2D eigenvalue weighted by Gasteiger charge is -2.19. The normalized spacial score (nSPS) is 16.6. The molecule has 1 fully saturated rings. The molecule has 1 atom stereocenters. The first-order chi connectivity index (χ1) is 13.8. The van der Waals surface area contributed by atoms with E-state index in [9.17, 15) is 27.9 Å². The lowest BCUT2D eigenvalue weighted by molar-refractivity contribution is -0.412. The summed E-state index contributed by atoms with van der Waals surface area (Å²) in [5.41, 5.74) is 1.72. The molecule has 10 heteroatoms. The van der Waals surface area contributed by atoms with E-state index in [4.69, 9.17) is 0 Å². The van der Waals surface area contributed by atoms with Gasteiger partial charge in [-0.3, -0.25) is 9.36 Å². The molecule has 7 nitrogen and oxygen atoms in total. The first-order valence-electron chi connectivity index (χ1n) is 8.77. The van der Waals surface area contributed by atoms with E-state index in [0.29, 0.717) is 19.2 Å². The number of aromatic nitrogens is 2. The smallest absolute Gasteiger partial charge is 0.200 e. The molecule has 1 aliphatic rings. The zero-order valence-corrected chi connectivity index (χ0v) is 15.0. The largest absolute Gasteiger partial charge is 0.545 e. The van der Waals surface area contributed by atoms with Crippen LogP contribution in [0.4, 0.5) is 19.0 Å². The fraction of sp³-hybridized carbons (Fsp3) is 0.211. The predicted molar refractivity (Wildman–Crippen MR) is 95.1 cm³/mol. The fourth-order valence-electron chi connectivity index (χ4n) is 3.47. The van der Waals surface area contributed by atoms with Crippen molar-refractivity contribution in [3.63, 3.8) is 0 Å². The zero-order valence-electron chi connectivity index (χ0n) is 15.0. The van der Waals surface area contributed by atoms with Gasteiger partial charge in [-0.2, -0.15) is 0 Å². The topological polar surface area (TPSA) is 106 Å². The van der Waals surface area contributed by atoms with E-state index < -0.39 is 34.4 Å². The summed E-state index contributed by atoms with van der Waals surface area (Å²) in [5.74, 6) is -4.52. The average Bonchev–Trinajstić information content (AvgIpc) is 3.08. The molecule has 0 saturated carbocycles. The maximum absolute atomic E-state index is 14.7. The minimum atomic E-state index is -1.81. The Morgan fingerprint density at radius 3 is 2.59 bits per heavy atom. The highest BCUT2D eigenvalue weighted by Gasteiger charge is 2.27. The van der Waals surface area contributed by atoms with E-state index in [1.54, 1.807) is 4.90 Å². The van der Waals surface area contributed by atoms with E-state index in [1.807, 2.05) is 0 Å². The van der Waals surface area contributed by atoms with Crippen LogP contribution in [0.1, 0.15) is 16.8 Å². The van der Waals surface area contributed by atoms with Gasteiger partial charge in [0.25, 0.3) is 0 Å². The Labute approximate surface area is 161 Å². The van der Waals surface area contributed by atoms with Gasteiger partial charge >= 0.3 is 0 Å². The molecule has 29 heavy (non-hydrogen) atoms. The van der Waals surface area contributed by atoms with Crippen molar-refractivity contribution in [3.8, 4) is 5.69 Å². The molecule has 0 aliphatic carbocycles. The fourth-order valence-corrected chi connectivity index (χ4v) is 3.47. The highest BCUT2D eigenvalue weighted by atomic mass is 19.1. The molecule has 1 aromatic carbocycles. The van der Waals surface area contributed by atoms with Crippen molar-refractivity contribution in [3.05, 3.63) is 63.7 Å². The Hall–Kier alpha value is -3.40. The summed E-state index contributed by atoms with van der Waals surface area (Å²) in [4.78, 5) is 29.7. The summed E-state index contributed by atoms with van der Waals surface area (Å²) in [6.45, 7) is 0.942. The van der Waals surface area contributed by atoms with E-state index in [2.05, 4.69) is 10.7 Å². The number of benzene rings is 1. The Kier molecular flexibility index (Phi) is 4.50. The van der Waals surface area contributed by atoms with Gasteiger partial charge in [0.15, 0.2) is 22.7 Å². The number of carbonyl (C=O) groups excluding carboxylic acids is 1. The number of rotatable bonds is 3. The van der Waals surface area contributed by atoms with Crippen LogP contribution in [-0.4, -0.2) is 34.7 Å². The summed E-state index contributed by atoms with van der Waals surface area (Å²) in [6, 6.07) is 3.60. The number of hydrogen-bond donors (Lipinski definition) is 1. The third-order valence-electron chi connectivity index (χ3n) is 4.89. The minimum absolute atomic E-state index is 0.0551. The Morgan fingerprint density at radius 2 is 1.97 bits per heavy atom. The number of nitrogens with zero attached hydrogens (tertiary/aromatic N) is 3. The minimum Gasteiger partial charge on any atom is -0.545 e. The van der Waals surface area contributed by atoms with Crippen molar-refractivity contribution < 1.29 is 28.8 Å². The van der Waals surface area contributed by atoms with Crippen LogP contribution < -0.4 is 21.2 Å². The maximum Gasteiger partial charge on any atom is 0.200 e. The molecular weight excluding hydrogens is 389 g/mol. The van der Waals surface area contributed by atoms with E-state index >= 15 is 0 Å². The van der Waals surface area contributed by atoms with Crippen LogP contribution in [0.3, 0.4) is 0 Å². The van der Waals surface area contributed by atoms with Gasteiger partial charge in [0, 0.05) is 25.2 Å². The first-order valence-corrected chi connectivity index (χ1v) is 8.77. The van der Waals surface area contributed by atoms with E-state index in [-0.39, 0.29) is 28.6 Å². The number of fused-ring (bicyclic) bond motifs is 1. The SMILES string of the molecule is [NH3+][C@H]1CCN(c2nc3c(cc2F)c(=O)c(C(=O)[O-])cn3-c2ccc(F)cc2F)C1. The number of carbonyl (C=O) groups is 1. The summed E-state index contributed by atoms with van der Waals surface area (Å²) < 4.78 is 43.4. The van der Waals surface area contributed by atoms with Crippen molar-refractivity contribution in [2.24, 2.45) is 0 Å². The summed E-state index contributed by atoms with van der Waals surface area (Å²) in [7, 11) is 0. The zero-order chi connectivity index (χ0) is 20.9. The molecule has 0 unspecified atom stereocenters. The highest BCUT2D eigenvalue weighted by Crippen LogP contribution is 2.26. The van der Waals surface area contributed by atoms with Gasteiger partial charge in [-0.25, -0.2) is 18.2 Å². The average molecular weight is 404 g/mol. The van der Waals surface area contributed by atoms with Crippen molar-refractivity contribution in [1.82, 2.24) is 9.55 Å². The summed E-state index contributed by atoms with van der Waals surface area (Å²) in [6.07, 6.45) is 1.57. The van der Waals surface area contributed by atoms with Gasteiger partial charge in [0.1, 0.15) is 17.7 Å². The molecule has 0 spiro atoms. The van der Waals surface area contributed by atoms with Gasteiger partial charge in [-0.1, -0.05) is 0 Å². The quantitative estimate of drug-likeness (QED) is 0.661.